The fourth-order valence-corrected chi connectivity index (χ4v) is 3.86. The highest BCUT2D eigenvalue weighted by Crippen LogP contribution is 2.37. The maximum atomic E-state index is 12.6. The molecular formula is C19H26N6O3. The minimum Gasteiger partial charge on any atom is -0.383 e. The third-order valence-electron chi connectivity index (χ3n) is 5.45. The molecule has 1 N–H and O–H groups in total. The van der Waals surface area contributed by atoms with Crippen molar-refractivity contribution in [1.82, 2.24) is 29.8 Å². The first-order chi connectivity index (χ1) is 13.6. The molecule has 1 aliphatic carbocycles. The van der Waals surface area contributed by atoms with Crippen LogP contribution in [0.25, 0.3) is 0 Å². The molecule has 2 amide bonds. The van der Waals surface area contributed by atoms with E-state index in [1.165, 1.54) is 0 Å². The van der Waals surface area contributed by atoms with Crippen LogP contribution in [0.2, 0.25) is 0 Å². The van der Waals surface area contributed by atoms with Gasteiger partial charge in [-0.3, -0.25) is 19.0 Å². The summed E-state index contributed by atoms with van der Waals surface area (Å²) in [5.41, 5.74) is 1.54. The number of nitrogens with zero attached hydrogens (tertiary/aromatic N) is 5. The van der Waals surface area contributed by atoms with Gasteiger partial charge in [0, 0.05) is 57.5 Å². The number of rotatable bonds is 8. The molecule has 1 saturated heterocycles. The van der Waals surface area contributed by atoms with E-state index in [1.807, 2.05) is 22.8 Å². The molecule has 0 spiro atoms. The number of amides is 2. The van der Waals surface area contributed by atoms with Crippen molar-refractivity contribution >= 4 is 11.8 Å². The summed E-state index contributed by atoms with van der Waals surface area (Å²) < 4.78 is 8.76. The van der Waals surface area contributed by atoms with Gasteiger partial charge in [0.2, 0.25) is 5.91 Å². The predicted octanol–water partition coefficient (Wildman–Crippen LogP) is 0.917. The number of carbonyl (C=O) groups excluding carboxylic acids is 2. The van der Waals surface area contributed by atoms with Crippen LogP contribution in [0.15, 0.2) is 24.8 Å². The van der Waals surface area contributed by atoms with Gasteiger partial charge in [-0.2, -0.15) is 10.2 Å². The Labute approximate surface area is 163 Å². The first kappa shape index (κ1) is 18.7. The lowest BCUT2D eigenvalue weighted by atomic mass is 9.95. The van der Waals surface area contributed by atoms with Crippen molar-refractivity contribution in [3.05, 3.63) is 35.9 Å². The molecule has 0 aromatic carbocycles. The molecule has 2 fully saturated rings. The van der Waals surface area contributed by atoms with Gasteiger partial charge in [0.15, 0.2) is 0 Å². The van der Waals surface area contributed by atoms with Crippen molar-refractivity contribution in [3.63, 3.8) is 0 Å². The van der Waals surface area contributed by atoms with Crippen molar-refractivity contribution in [2.24, 2.45) is 13.0 Å². The van der Waals surface area contributed by atoms with Gasteiger partial charge in [0.05, 0.1) is 36.6 Å². The Hall–Kier alpha value is -2.68. The van der Waals surface area contributed by atoms with Crippen LogP contribution < -0.4 is 5.32 Å². The molecule has 9 heteroatoms. The lowest BCUT2D eigenvalue weighted by Gasteiger charge is -2.27. The zero-order valence-corrected chi connectivity index (χ0v) is 16.2. The van der Waals surface area contributed by atoms with Gasteiger partial charge in [-0.1, -0.05) is 0 Å². The summed E-state index contributed by atoms with van der Waals surface area (Å²) in [6.07, 6.45) is 9.77. The summed E-state index contributed by atoms with van der Waals surface area (Å²) in [6, 6.07) is 0.323. The lowest BCUT2D eigenvalue weighted by molar-refractivity contribution is -0.129. The summed E-state index contributed by atoms with van der Waals surface area (Å²) in [5, 5.41) is 11.5. The van der Waals surface area contributed by atoms with Crippen molar-refractivity contribution < 1.29 is 14.3 Å². The second-order valence-electron chi connectivity index (χ2n) is 7.59. The average molecular weight is 386 g/mol. The van der Waals surface area contributed by atoms with Crippen LogP contribution in [0.3, 0.4) is 0 Å². The third kappa shape index (κ3) is 3.80. The molecule has 28 heavy (non-hydrogen) atoms. The summed E-state index contributed by atoms with van der Waals surface area (Å²) in [6.45, 7) is 1.41. The smallest absolute Gasteiger partial charge is 0.254 e. The number of aryl methyl sites for hydroxylation is 1. The minimum absolute atomic E-state index is 0.0176. The molecule has 2 aromatic rings. The maximum Gasteiger partial charge on any atom is 0.254 e. The molecule has 0 bridgehead atoms. The monoisotopic (exact) mass is 386 g/mol. The number of hydrogen-bond donors (Lipinski definition) is 1. The second kappa shape index (κ2) is 7.75. The van der Waals surface area contributed by atoms with Gasteiger partial charge in [-0.05, 0) is 12.8 Å². The third-order valence-corrected chi connectivity index (χ3v) is 5.45. The van der Waals surface area contributed by atoms with Gasteiger partial charge in [-0.15, -0.1) is 0 Å². The van der Waals surface area contributed by atoms with E-state index in [9.17, 15) is 9.59 Å². The van der Waals surface area contributed by atoms with Crippen LogP contribution in [-0.2, 0) is 16.6 Å². The number of likely N-dealkylation sites (tertiary alicyclic amines) is 1. The number of methoxy groups -OCH3 is 1. The van der Waals surface area contributed by atoms with Crippen molar-refractivity contribution in [3.8, 4) is 0 Å². The second-order valence-corrected chi connectivity index (χ2v) is 7.59. The van der Waals surface area contributed by atoms with E-state index in [0.29, 0.717) is 37.7 Å². The van der Waals surface area contributed by atoms with Crippen LogP contribution in [0.1, 0.15) is 47.3 Å². The SMILES string of the molecule is COCCN1C(=O)C[C@H](CNC(=O)c2cnn(C3CC3)c2)[C@H]1c1cnn(C)c1. The number of ether oxygens (including phenoxy) is 1. The number of nitrogens with one attached hydrogen (secondary N) is 1. The molecule has 2 aromatic heterocycles. The minimum atomic E-state index is -0.153. The van der Waals surface area contributed by atoms with Crippen LogP contribution in [0, 0.1) is 5.92 Å². The van der Waals surface area contributed by atoms with Crippen LogP contribution in [-0.4, -0.2) is 63.1 Å². The fraction of sp³-hybridized carbons (Fsp3) is 0.579. The number of hydrogen-bond acceptors (Lipinski definition) is 5. The first-order valence-electron chi connectivity index (χ1n) is 9.66. The Kier molecular flexibility index (Phi) is 5.17. The molecule has 0 radical (unpaired) electrons. The number of carbonyl (C=O) groups is 2. The normalized spacial score (nSPS) is 22.1. The van der Waals surface area contributed by atoms with Gasteiger partial charge >= 0.3 is 0 Å². The standard InChI is InChI=1S/C19H26N6O3/c1-23-11-14(9-21-23)18-13(7-17(26)24(18)5-6-28-2)8-20-19(27)15-10-22-25(12-15)16-3-4-16/h9-13,16,18H,3-8H2,1-2H3,(H,20,27)/t13-,18+/m1/s1. The predicted molar refractivity (Wildman–Crippen MR) is 100 cm³/mol. The highest BCUT2D eigenvalue weighted by atomic mass is 16.5. The Balaban J connectivity index is 1.45. The molecule has 2 aliphatic rings. The maximum absolute atomic E-state index is 12.6. The van der Waals surface area contributed by atoms with Crippen molar-refractivity contribution in [1.29, 1.82) is 0 Å². The van der Waals surface area contributed by atoms with Gasteiger partial charge in [0.1, 0.15) is 0 Å². The van der Waals surface area contributed by atoms with Gasteiger partial charge in [-0.25, -0.2) is 0 Å². The Morgan fingerprint density at radius 3 is 2.79 bits per heavy atom. The molecule has 1 aliphatic heterocycles. The molecule has 4 rings (SSSR count). The van der Waals surface area contributed by atoms with Crippen LogP contribution >= 0.6 is 0 Å². The summed E-state index contributed by atoms with van der Waals surface area (Å²) >= 11 is 0. The van der Waals surface area contributed by atoms with E-state index >= 15 is 0 Å². The van der Waals surface area contributed by atoms with Crippen LogP contribution in [0.5, 0.6) is 0 Å². The molecule has 0 unspecified atom stereocenters. The summed E-state index contributed by atoms with van der Waals surface area (Å²) in [7, 11) is 3.48. The summed E-state index contributed by atoms with van der Waals surface area (Å²) in [4.78, 5) is 27.0. The van der Waals surface area contributed by atoms with E-state index in [4.69, 9.17) is 4.74 Å². The van der Waals surface area contributed by atoms with E-state index in [1.54, 1.807) is 30.4 Å². The largest absolute Gasteiger partial charge is 0.383 e. The topological polar surface area (TPSA) is 94.3 Å². The molecular weight excluding hydrogens is 360 g/mol. The molecule has 150 valence electrons. The van der Waals surface area contributed by atoms with Crippen LogP contribution in [0.4, 0.5) is 0 Å². The van der Waals surface area contributed by atoms with Gasteiger partial charge in [0.25, 0.3) is 5.91 Å². The Bertz CT molecular complexity index is 855. The van der Waals surface area contributed by atoms with Crippen molar-refractivity contribution in [2.75, 3.05) is 26.8 Å². The van der Waals surface area contributed by atoms with E-state index < -0.39 is 0 Å². The summed E-state index contributed by atoms with van der Waals surface area (Å²) in [5.74, 6) is -0.0951. The first-order valence-corrected chi connectivity index (χ1v) is 9.66. The zero-order valence-electron chi connectivity index (χ0n) is 16.2. The molecule has 9 nitrogen and oxygen atoms in total. The highest BCUT2D eigenvalue weighted by molar-refractivity contribution is 5.93. The fourth-order valence-electron chi connectivity index (χ4n) is 3.86. The molecule has 3 heterocycles. The molecule has 1 saturated carbocycles. The quantitative estimate of drug-likeness (QED) is 0.728. The van der Waals surface area contributed by atoms with Crippen molar-refractivity contribution in [2.45, 2.75) is 31.3 Å². The lowest BCUT2D eigenvalue weighted by Crippen LogP contribution is -2.35. The highest BCUT2D eigenvalue weighted by Gasteiger charge is 2.41. The zero-order chi connectivity index (χ0) is 19.7. The Morgan fingerprint density at radius 2 is 2.11 bits per heavy atom. The van der Waals surface area contributed by atoms with E-state index in [-0.39, 0.29) is 23.8 Å². The van der Waals surface area contributed by atoms with E-state index in [2.05, 4.69) is 15.5 Å². The van der Waals surface area contributed by atoms with E-state index in [0.717, 1.165) is 18.4 Å². The number of aromatic nitrogens is 4. The van der Waals surface area contributed by atoms with Gasteiger partial charge < -0.3 is 15.0 Å². The Morgan fingerprint density at radius 1 is 1.29 bits per heavy atom. The molecule has 2 atom stereocenters. The average Bonchev–Trinajstić information content (AvgIpc) is 3.11.